The molecule has 3 nitrogen and oxygen atoms in total. The number of rotatable bonds is 2. The Kier molecular flexibility index (Phi) is 3.06. The molecule has 1 aromatic heterocycles. The molecule has 0 unspecified atom stereocenters. The third-order valence-electron chi connectivity index (χ3n) is 4.83. The summed E-state index contributed by atoms with van der Waals surface area (Å²) >= 11 is 1.88. The Morgan fingerprint density at radius 3 is 2.58 bits per heavy atom. The maximum absolute atomic E-state index is 12.9. The minimum absolute atomic E-state index is 0.108. The summed E-state index contributed by atoms with van der Waals surface area (Å²) in [6, 6.07) is 22.8. The molecular formula is C20H16N2OS. The lowest BCUT2D eigenvalue weighted by Gasteiger charge is -2.37. The summed E-state index contributed by atoms with van der Waals surface area (Å²) in [5.41, 5.74) is 3.19. The van der Waals surface area contributed by atoms with Gasteiger partial charge in [0.25, 0.3) is 5.91 Å². The maximum Gasteiger partial charge on any atom is 0.273 e. The van der Waals surface area contributed by atoms with Gasteiger partial charge >= 0.3 is 0 Å². The van der Waals surface area contributed by atoms with Crippen molar-refractivity contribution in [3.63, 3.8) is 0 Å². The van der Waals surface area contributed by atoms with Crippen molar-refractivity contribution in [2.75, 3.05) is 5.01 Å². The van der Waals surface area contributed by atoms with Gasteiger partial charge in [0.2, 0.25) is 0 Å². The van der Waals surface area contributed by atoms with Crippen LogP contribution < -0.4 is 5.01 Å². The second kappa shape index (κ2) is 5.28. The van der Waals surface area contributed by atoms with Crippen molar-refractivity contribution >= 4 is 17.7 Å². The molecule has 3 aromatic rings. The lowest BCUT2D eigenvalue weighted by molar-refractivity contribution is 0.0954. The SMILES string of the molecule is O=C1c2ccccc2[C@H]2C[C@H](Sc3ccccc3)c3cccn3N12. The van der Waals surface area contributed by atoms with Gasteiger partial charge < -0.3 is 0 Å². The van der Waals surface area contributed by atoms with Crippen LogP contribution in [0.4, 0.5) is 0 Å². The number of thioether (sulfide) groups is 1. The van der Waals surface area contributed by atoms with Crippen LogP contribution in [0, 0.1) is 0 Å². The van der Waals surface area contributed by atoms with Gasteiger partial charge in [0.05, 0.1) is 17.0 Å². The molecule has 0 saturated heterocycles. The minimum Gasteiger partial charge on any atom is -0.267 e. The van der Waals surface area contributed by atoms with Crippen LogP contribution in [0.25, 0.3) is 0 Å². The van der Waals surface area contributed by atoms with E-state index in [1.54, 1.807) is 0 Å². The minimum atomic E-state index is 0.108. The molecule has 0 fully saturated rings. The second-order valence-corrected chi connectivity index (χ2v) is 7.46. The first-order valence-electron chi connectivity index (χ1n) is 8.14. The number of carbonyl (C=O) groups is 1. The monoisotopic (exact) mass is 332 g/mol. The van der Waals surface area contributed by atoms with E-state index in [-0.39, 0.29) is 11.9 Å². The number of hydrogen-bond acceptors (Lipinski definition) is 2. The Morgan fingerprint density at radius 1 is 0.917 bits per heavy atom. The van der Waals surface area contributed by atoms with Crippen molar-refractivity contribution in [2.24, 2.45) is 0 Å². The molecule has 0 N–H and O–H groups in total. The zero-order chi connectivity index (χ0) is 16.1. The fourth-order valence-corrected chi connectivity index (χ4v) is 5.01. The summed E-state index contributed by atoms with van der Waals surface area (Å²) in [6.07, 6.45) is 2.94. The van der Waals surface area contributed by atoms with Crippen LogP contribution in [-0.2, 0) is 0 Å². The molecule has 2 aromatic carbocycles. The van der Waals surface area contributed by atoms with Crippen molar-refractivity contribution in [3.05, 3.63) is 89.7 Å². The molecule has 0 aliphatic carbocycles. The van der Waals surface area contributed by atoms with Crippen molar-refractivity contribution in [3.8, 4) is 0 Å². The molecule has 0 radical (unpaired) electrons. The molecule has 0 spiro atoms. The molecule has 0 bridgehead atoms. The normalized spacial score (nSPS) is 21.3. The first kappa shape index (κ1) is 13.9. The predicted octanol–water partition coefficient (Wildman–Crippen LogP) is 4.56. The zero-order valence-electron chi connectivity index (χ0n) is 13.0. The quantitative estimate of drug-likeness (QED) is 0.687. The van der Waals surface area contributed by atoms with Gasteiger partial charge in [-0.05, 0) is 42.3 Å². The van der Waals surface area contributed by atoms with E-state index in [0.29, 0.717) is 5.25 Å². The first-order chi connectivity index (χ1) is 11.8. The Hall–Kier alpha value is -2.46. The van der Waals surface area contributed by atoms with Crippen LogP contribution in [0.3, 0.4) is 0 Å². The number of aromatic nitrogens is 1. The number of nitrogens with zero attached hydrogens (tertiary/aromatic N) is 2. The Balaban J connectivity index is 1.58. The molecule has 24 heavy (non-hydrogen) atoms. The van der Waals surface area contributed by atoms with Gasteiger partial charge in [0.1, 0.15) is 0 Å². The first-order valence-corrected chi connectivity index (χ1v) is 9.02. The molecule has 118 valence electrons. The van der Waals surface area contributed by atoms with Crippen molar-refractivity contribution in [1.82, 2.24) is 4.68 Å². The highest BCUT2D eigenvalue weighted by molar-refractivity contribution is 7.99. The van der Waals surface area contributed by atoms with Crippen LogP contribution >= 0.6 is 11.8 Å². The molecule has 2 atom stereocenters. The molecule has 0 saturated carbocycles. The Labute approximate surface area is 144 Å². The highest BCUT2D eigenvalue weighted by Crippen LogP contribution is 2.49. The standard InChI is InChI=1S/C20H16N2OS/c23-20-16-10-5-4-9-15(16)18-13-19(24-14-7-2-1-3-8-14)17-11-6-12-21(17)22(18)20/h1-12,18-19H,13H2/t18-,19+/m1/s1. The van der Waals surface area contributed by atoms with Crippen LogP contribution in [0.15, 0.2) is 77.8 Å². The summed E-state index contributed by atoms with van der Waals surface area (Å²) in [5, 5.41) is 2.25. The topological polar surface area (TPSA) is 25.2 Å². The van der Waals surface area contributed by atoms with Gasteiger partial charge in [-0.15, -0.1) is 11.8 Å². The van der Waals surface area contributed by atoms with E-state index in [4.69, 9.17) is 0 Å². The van der Waals surface area contributed by atoms with E-state index in [9.17, 15) is 4.79 Å². The smallest absolute Gasteiger partial charge is 0.267 e. The summed E-state index contributed by atoms with van der Waals surface area (Å²) in [7, 11) is 0. The molecule has 3 heterocycles. The second-order valence-electron chi connectivity index (χ2n) is 6.19. The summed E-state index contributed by atoms with van der Waals surface area (Å²) in [5.74, 6) is 0.108. The number of fused-ring (bicyclic) bond motifs is 5. The number of amides is 1. The largest absolute Gasteiger partial charge is 0.273 e. The van der Waals surface area contributed by atoms with Gasteiger partial charge in [-0.3, -0.25) is 9.47 Å². The Bertz CT molecular complexity index is 918. The van der Waals surface area contributed by atoms with Crippen molar-refractivity contribution in [2.45, 2.75) is 22.6 Å². The van der Waals surface area contributed by atoms with E-state index in [1.165, 1.54) is 10.6 Å². The van der Waals surface area contributed by atoms with Gasteiger partial charge in [0.15, 0.2) is 0 Å². The van der Waals surface area contributed by atoms with Crippen LogP contribution in [0.5, 0.6) is 0 Å². The van der Waals surface area contributed by atoms with E-state index < -0.39 is 0 Å². The van der Waals surface area contributed by atoms with E-state index in [0.717, 1.165) is 17.5 Å². The van der Waals surface area contributed by atoms with Crippen LogP contribution in [-0.4, -0.2) is 10.6 Å². The fraction of sp³-hybridized carbons (Fsp3) is 0.150. The zero-order valence-corrected chi connectivity index (χ0v) is 13.8. The molecule has 5 rings (SSSR count). The fourth-order valence-electron chi connectivity index (χ4n) is 3.79. The molecule has 2 aliphatic rings. The molecule has 2 aliphatic heterocycles. The highest BCUT2D eigenvalue weighted by Gasteiger charge is 2.43. The summed E-state index contributed by atoms with van der Waals surface area (Å²) < 4.78 is 2.05. The van der Waals surface area contributed by atoms with Gasteiger partial charge in [-0.25, -0.2) is 5.01 Å². The van der Waals surface area contributed by atoms with Gasteiger partial charge in [-0.2, -0.15) is 0 Å². The van der Waals surface area contributed by atoms with E-state index >= 15 is 0 Å². The summed E-state index contributed by atoms with van der Waals surface area (Å²) in [6.45, 7) is 0. The number of hydrogen-bond donors (Lipinski definition) is 0. The average Bonchev–Trinajstić information content (AvgIpc) is 3.21. The highest BCUT2D eigenvalue weighted by atomic mass is 32.2. The summed E-state index contributed by atoms with van der Waals surface area (Å²) in [4.78, 5) is 14.1. The van der Waals surface area contributed by atoms with Crippen LogP contribution in [0.2, 0.25) is 0 Å². The van der Waals surface area contributed by atoms with E-state index in [1.807, 2.05) is 53.3 Å². The van der Waals surface area contributed by atoms with Gasteiger partial charge in [0, 0.05) is 16.7 Å². The predicted molar refractivity (Wildman–Crippen MR) is 95.8 cm³/mol. The molecule has 4 heteroatoms. The van der Waals surface area contributed by atoms with E-state index in [2.05, 4.69) is 41.1 Å². The van der Waals surface area contributed by atoms with Crippen LogP contribution in [0.1, 0.15) is 39.3 Å². The number of carbonyl (C=O) groups excluding carboxylic acids is 1. The van der Waals surface area contributed by atoms with Gasteiger partial charge in [-0.1, -0.05) is 36.4 Å². The van der Waals surface area contributed by atoms with Crippen molar-refractivity contribution < 1.29 is 4.79 Å². The lowest BCUT2D eigenvalue weighted by Crippen LogP contribution is -2.42. The third kappa shape index (κ3) is 1.96. The maximum atomic E-state index is 12.9. The average molecular weight is 332 g/mol. The molecule has 1 amide bonds. The molecular weight excluding hydrogens is 316 g/mol. The third-order valence-corrected chi connectivity index (χ3v) is 6.10. The Morgan fingerprint density at radius 2 is 1.71 bits per heavy atom. The number of benzene rings is 2. The lowest BCUT2D eigenvalue weighted by atomic mass is 9.99. The van der Waals surface area contributed by atoms with Crippen molar-refractivity contribution in [1.29, 1.82) is 0 Å².